The second kappa shape index (κ2) is 17.2. The maximum atomic E-state index is 11.9. The molecule has 2 saturated heterocycles. The summed E-state index contributed by atoms with van der Waals surface area (Å²) >= 11 is 0. The van der Waals surface area contributed by atoms with E-state index in [9.17, 15) is 9.59 Å². The van der Waals surface area contributed by atoms with Crippen molar-refractivity contribution in [2.75, 3.05) is 59.3 Å². The Kier molecular flexibility index (Phi) is 13.9. The summed E-state index contributed by atoms with van der Waals surface area (Å²) in [7, 11) is 0. The summed E-state index contributed by atoms with van der Waals surface area (Å²) in [5.41, 5.74) is 3.60. The molecule has 0 bridgehead atoms. The molecule has 214 valence electrons. The maximum absolute atomic E-state index is 11.9. The molecule has 37 heavy (non-hydrogen) atoms. The second-order valence-electron chi connectivity index (χ2n) is 10.5. The SMILES string of the molecule is CC1CN(CCOCCOCCOCCNC(=O)CCCCC[C@H]2NC(=O)N[C@H]2C)N(C2CCCC2)N1. The fourth-order valence-corrected chi connectivity index (χ4v) is 5.29. The lowest BCUT2D eigenvalue weighted by atomic mass is 10.0. The van der Waals surface area contributed by atoms with Crippen LogP contribution in [0.4, 0.5) is 4.79 Å². The highest BCUT2D eigenvalue weighted by Crippen LogP contribution is 2.25. The minimum absolute atomic E-state index is 0.0618. The van der Waals surface area contributed by atoms with Crippen molar-refractivity contribution in [3.05, 3.63) is 0 Å². The molecule has 0 radical (unpaired) electrons. The van der Waals surface area contributed by atoms with Crippen molar-refractivity contribution >= 4 is 11.9 Å². The minimum Gasteiger partial charge on any atom is -0.378 e. The molecule has 4 N–H and O–H groups in total. The maximum Gasteiger partial charge on any atom is 0.315 e. The number of rotatable bonds is 19. The predicted octanol–water partition coefficient (Wildman–Crippen LogP) is 1.54. The van der Waals surface area contributed by atoms with Crippen LogP contribution >= 0.6 is 0 Å². The Morgan fingerprint density at radius 2 is 1.65 bits per heavy atom. The average molecular weight is 527 g/mol. The number of carbonyl (C=O) groups excluding carboxylic acids is 2. The molecule has 3 amide bonds. The van der Waals surface area contributed by atoms with E-state index in [0.717, 1.165) is 38.8 Å². The van der Waals surface area contributed by atoms with Gasteiger partial charge in [-0.05, 0) is 39.5 Å². The quantitative estimate of drug-likeness (QED) is 0.187. The molecule has 0 aromatic rings. The van der Waals surface area contributed by atoms with Gasteiger partial charge in [-0.1, -0.05) is 25.7 Å². The number of ether oxygens (including phenoxy) is 3. The highest BCUT2D eigenvalue weighted by Gasteiger charge is 2.33. The normalized spacial score (nSPS) is 25.0. The molecule has 2 heterocycles. The molecule has 3 atom stereocenters. The van der Waals surface area contributed by atoms with Gasteiger partial charge in [0.2, 0.25) is 5.91 Å². The van der Waals surface area contributed by atoms with E-state index in [1.165, 1.54) is 25.7 Å². The van der Waals surface area contributed by atoms with Gasteiger partial charge in [0.1, 0.15) is 0 Å². The third kappa shape index (κ3) is 11.4. The van der Waals surface area contributed by atoms with Gasteiger partial charge >= 0.3 is 6.03 Å². The molecule has 3 rings (SSSR count). The van der Waals surface area contributed by atoms with Gasteiger partial charge in [0.25, 0.3) is 0 Å². The van der Waals surface area contributed by atoms with Crippen molar-refractivity contribution in [3.63, 3.8) is 0 Å². The molecular formula is C26H50N6O5. The first kappa shape index (κ1) is 30.0. The van der Waals surface area contributed by atoms with E-state index in [2.05, 4.69) is 38.4 Å². The fourth-order valence-electron chi connectivity index (χ4n) is 5.29. The van der Waals surface area contributed by atoms with E-state index in [0.29, 0.717) is 64.7 Å². The number of amides is 3. The lowest BCUT2D eigenvalue weighted by Gasteiger charge is -2.32. The molecule has 3 fully saturated rings. The zero-order chi connectivity index (χ0) is 26.3. The van der Waals surface area contributed by atoms with Crippen LogP contribution in [0.3, 0.4) is 0 Å². The van der Waals surface area contributed by atoms with Crippen LogP contribution < -0.4 is 21.4 Å². The molecule has 11 nitrogen and oxygen atoms in total. The molecule has 0 aromatic heterocycles. The Labute approximate surface area is 222 Å². The van der Waals surface area contributed by atoms with Crippen LogP contribution in [0.5, 0.6) is 0 Å². The number of hydrogen-bond acceptors (Lipinski definition) is 8. The van der Waals surface area contributed by atoms with Crippen molar-refractivity contribution in [1.29, 1.82) is 0 Å². The summed E-state index contributed by atoms with van der Waals surface area (Å²) in [6, 6.07) is 1.41. The van der Waals surface area contributed by atoms with Gasteiger partial charge in [-0.2, -0.15) is 5.12 Å². The molecule has 2 aliphatic heterocycles. The van der Waals surface area contributed by atoms with E-state index < -0.39 is 0 Å². The van der Waals surface area contributed by atoms with Crippen LogP contribution in [0.1, 0.15) is 71.6 Å². The van der Waals surface area contributed by atoms with Crippen LogP contribution in [0.25, 0.3) is 0 Å². The number of nitrogens with one attached hydrogen (secondary N) is 4. The number of hydrogen-bond donors (Lipinski definition) is 4. The Morgan fingerprint density at radius 3 is 2.35 bits per heavy atom. The predicted molar refractivity (Wildman–Crippen MR) is 142 cm³/mol. The van der Waals surface area contributed by atoms with E-state index in [1.54, 1.807) is 0 Å². The number of carbonyl (C=O) groups is 2. The second-order valence-corrected chi connectivity index (χ2v) is 10.5. The Morgan fingerprint density at radius 1 is 0.946 bits per heavy atom. The van der Waals surface area contributed by atoms with E-state index >= 15 is 0 Å². The molecule has 1 unspecified atom stereocenters. The van der Waals surface area contributed by atoms with E-state index in [-0.39, 0.29) is 24.0 Å². The highest BCUT2D eigenvalue weighted by atomic mass is 16.5. The van der Waals surface area contributed by atoms with Crippen LogP contribution in [-0.4, -0.2) is 106 Å². The van der Waals surface area contributed by atoms with E-state index in [4.69, 9.17) is 14.2 Å². The van der Waals surface area contributed by atoms with Crippen molar-refractivity contribution in [2.45, 2.75) is 95.8 Å². The Bertz CT molecular complexity index is 665. The molecular weight excluding hydrogens is 476 g/mol. The topological polar surface area (TPSA) is 116 Å². The minimum atomic E-state index is -0.0819. The number of hydrazine groups is 2. The molecule has 3 aliphatic rings. The Balaban J connectivity index is 1.04. The van der Waals surface area contributed by atoms with Crippen LogP contribution in [0.15, 0.2) is 0 Å². The number of urea groups is 1. The summed E-state index contributed by atoms with van der Waals surface area (Å²) in [6.07, 6.45) is 9.54. The monoisotopic (exact) mass is 526 g/mol. The summed E-state index contributed by atoms with van der Waals surface area (Å²) in [5, 5.41) is 13.4. The van der Waals surface area contributed by atoms with Gasteiger partial charge in [0.15, 0.2) is 0 Å². The molecule has 11 heteroatoms. The third-order valence-corrected chi connectivity index (χ3v) is 7.32. The first-order valence-electron chi connectivity index (χ1n) is 14.4. The average Bonchev–Trinajstić information content (AvgIpc) is 3.60. The third-order valence-electron chi connectivity index (χ3n) is 7.32. The van der Waals surface area contributed by atoms with Gasteiger partial charge in [-0.25, -0.2) is 15.2 Å². The van der Waals surface area contributed by atoms with Crippen molar-refractivity contribution in [3.8, 4) is 0 Å². The van der Waals surface area contributed by atoms with Gasteiger partial charge in [0.05, 0.1) is 45.7 Å². The van der Waals surface area contributed by atoms with Crippen LogP contribution in [0.2, 0.25) is 0 Å². The lowest BCUT2D eigenvalue weighted by Crippen LogP contribution is -2.49. The highest BCUT2D eigenvalue weighted by molar-refractivity contribution is 5.77. The van der Waals surface area contributed by atoms with Gasteiger partial charge in [-0.15, -0.1) is 0 Å². The smallest absolute Gasteiger partial charge is 0.315 e. The molecule has 0 spiro atoms. The molecule has 1 saturated carbocycles. The standard InChI is InChI=1S/C26H50N6O5/c1-21-20-31(32(30-21)23-8-6-7-9-23)13-15-36-17-19-37-18-16-35-14-12-27-25(33)11-5-3-4-10-24-22(2)28-26(34)29-24/h21-24,30H,3-20H2,1-2H3,(H,27,33)(H2,28,29,34)/t21?,22-,24+/m0/s1. The zero-order valence-electron chi connectivity index (χ0n) is 23.0. The summed E-state index contributed by atoms with van der Waals surface area (Å²) < 4.78 is 16.9. The van der Waals surface area contributed by atoms with Gasteiger partial charge in [-0.3, -0.25) is 4.79 Å². The van der Waals surface area contributed by atoms with Crippen molar-refractivity contribution in [1.82, 2.24) is 31.5 Å². The fraction of sp³-hybridized carbons (Fsp3) is 0.923. The molecule has 0 aromatic carbocycles. The van der Waals surface area contributed by atoms with Gasteiger partial charge in [0, 0.05) is 44.2 Å². The van der Waals surface area contributed by atoms with E-state index in [1.807, 2.05) is 6.92 Å². The first-order valence-corrected chi connectivity index (χ1v) is 14.4. The largest absolute Gasteiger partial charge is 0.378 e. The zero-order valence-corrected chi connectivity index (χ0v) is 23.0. The molecule has 1 aliphatic carbocycles. The van der Waals surface area contributed by atoms with Crippen molar-refractivity contribution in [2.24, 2.45) is 0 Å². The van der Waals surface area contributed by atoms with Crippen LogP contribution in [0, 0.1) is 0 Å². The van der Waals surface area contributed by atoms with Gasteiger partial charge < -0.3 is 30.2 Å². The van der Waals surface area contributed by atoms with Crippen molar-refractivity contribution < 1.29 is 23.8 Å². The summed E-state index contributed by atoms with van der Waals surface area (Å²) in [5.74, 6) is 0.0618. The summed E-state index contributed by atoms with van der Waals surface area (Å²) in [6.45, 7) is 10.1. The Hall–Kier alpha value is -1.50. The number of unbranched alkanes of at least 4 members (excludes halogenated alkanes) is 2. The summed E-state index contributed by atoms with van der Waals surface area (Å²) in [4.78, 5) is 23.2. The van der Waals surface area contributed by atoms with Crippen LogP contribution in [-0.2, 0) is 19.0 Å². The first-order chi connectivity index (χ1) is 18.0. The lowest BCUT2D eigenvalue weighted by molar-refractivity contribution is -0.121. The number of nitrogens with zero attached hydrogens (tertiary/aromatic N) is 2.